The quantitative estimate of drug-likeness (QED) is 0.662. The SMILES string of the molecule is O=C(NCc1cccnc1)c1ccccc1NS(=O)(=O)c1ccc(Cl)cc1. The van der Waals surface area contributed by atoms with Gasteiger partial charge in [-0.25, -0.2) is 8.42 Å². The van der Waals surface area contributed by atoms with E-state index in [1.54, 1.807) is 36.7 Å². The van der Waals surface area contributed by atoms with E-state index >= 15 is 0 Å². The number of carbonyl (C=O) groups excluding carboxylic acids is 1. The molecular weight excluding hydrogens is 386 g/mol. The van der Waals surface area contributed by atoms with Crippen molar-refractivity contribution in [2.45, 2.75) is 11.4 Å². The van der Waals surface area contributed by atoms with E-state index in [9.17, 15) is 13.2 Å². The number of sulfonamides is 1. The Morgan fingerprint density at radius 3 is 2.44 bits per heavy atom. The van der Waals surface area contributed by atoms with Gasteiger partial charge in [0, 0.05) is 24.0 Å². The molecule has 0 bridgehead atoms. The van der Waals surface area contributed by atoms with Crippen molar-refractivity contribution in [3.63, 3.8) is 0 Å². The Bertz CT molecular complexity index is 1040. The molecular formula is C19H16ClN3O3S. The van der Waals surface area contributed by atoms with Gasteiger partial charge in [-0.1, -0.05) is 29.8 Å². The zero-order valence-electron chi connectivity index (χ0n) is 14.1. The predicted octanol–water partition coefficient (Wildman–Crippen LogP) is 3.47. The molecule has 6 nitrogen and oxygen atoms in total. The molecule has 8 heteroatoms. The highest BCUT2D eigenvalue weighted by molar-refractivity contribution is 7.92. The van der Waals surface area contributed by atoms with E-state index in [1.807, 2.05) is 6.07 Å². The van der Waals surface area contributed by atoms with E-state index in [0.717, 1.165) is 5.56 Å². The number of pyridine rings is 1. The molecule has 3 aromatic rings. The monoisotopic (exact) mass is 401 g/mol. The average Bonchev–Trinajstić information content (AvgIpc) is 2.67. The molecule has 0 radical (unpaired) electrons. The molecule has 0 aliphatic carbocycles. The fourth-order valence-electron chi connectivity index (χ4n) is 2.37. The molecule has 3 rings (SSSR count). The van der Waals surface area contributed by atoms with Crippen molar-refractivity contribution in [2.24, 2.45) is 0 Å². The number of para-hydroxylation sites is 1. The van der Waals surface area contributed by atoms with Gasteiger partial charge >= 0.3 is 0 Å². The Kier molecular flexibility index (Phi) is 5.73. The second-order valence-electron chi connectivity index (χ2n) is 5.65. The van der Waals surface area contributed by atoms with Crippen LogP contribution in [0.1, 0.15) is 15.9 Å². The third kappa shape index (κ3) is 4.84. The highest BCUT2D eigenvalue weighted by atomic mass is 35.5. The van der Waals surface area contributed by atoms with Crippen LogP contribution in [0, 0.1) is 0 Å². The molecule has 2 aromatic carbocycles. The molecule has 1 amide bonds. The number of aromatic nitrogens is 1. The average molecular weight is 402 g/mol. The fraction of sp³-hybridized carbons (Fsp3) is 0.0526. The number of benzene rings is 2. The number of halogens is 1. The van der Waals surface area contributed by atoms with Gasteiger partial charge in [0.15, 0.2) is 0 Å². The number of nitrogens with one attached hydrogen (secondary N) is 2. The minimum absolute atomic E-state index is 0.0532. The lowest BCUT2D eigenvalue weighted by Gasteiger charge is -2.13. The molecule has 0 unspecified atom stereocenters. The van der Waals surface area contributed by atoms with Crippen LogP contribution in [0.4, 0.5) is 5.69 Å². The second-order valence-corrected chi connectivity index (χ2v) is 7.77. The van der Waals surface area contributed by atoms with Gasteiger partial charge in [-0.2, -0.15) is 0 Å². The maximum atomic E-state index is 12.6. The second kappa shape index (κ2) is 8.20. The first-order valence-corrected chi connectivity index (χ1v) is 9.86. The van der Waals surface area contributed by atoms with Gasteiger partial charge in [-0.05, 0) is 48.0 Å². The maximum Gasteiger partial charge on any atom is 0.261 e. The number of carbonyl (C=O) groups is 1. The van der Waals surface area contributed by atoms with Crippen molar-refractivity contribution in [1.29, 1.82) is 0 Å². The van der Waals surface area contributed by atoms with Gasteiger partial charge in [0.05, 0.1) is 16.1 Å². The first-order chi connectivity index (χ1) is 13.0. The number of hydrogen-bond acceptors (Lipinski definition) is 4. The summed E-state index contributed by atoms with van der Waals surface area (Å²) in [7, 11) is -3.85. The van der Waals surface area contributed by atoms with E-state index in [2.05, 4.69) is 15.0 Å². The van der Waals surface area contributed by atoms with Gasteiger partial charge in [-0.15, -0.1) is 0 Å². The van der Waals surface area contributed by atoms with Crippen LogP contribution in [0.15, 0.2) is 78.0 Å². The third-order valence-corrected chi connectivity index (χ3v) is 5.35. The molecule has 1 aromatic heterocycles. The molecule has 0 saturated heterocycles. The standard InChI is InChI=1S/C19H16ClN3O3S/c20-15-7-9-16(10-8-15)27(25,26)23-18-6-2-1-5-17(18)19(24)22-13-14-4-3-11-21-12-14/h1-12,23H,13H2,(H,22,24). The van der Waals surface area contributed by atoms with Crippen LogP contribution in [0.2, 0.25) is 5.02 Å². The maximum absolute atomic E-state index is 12.6. The highest BCUT2D eigenvalue weighted by Crippen LogP contribution is 2.21. The Hall–Kier alpha value is -2.90. The Labute approximate surface area is 162 Å². The molecule has 0 atom stereocenters. The molecule has 0 saturated carbocycles. The summed E-state index contributed by atoms with van der Waals surface area (Å²) in [4.78, 5) is 16.6. The van der Waals surface area contributed by atoms with Crippen molar-refractivity contribution in [3.05, 3.63) is 89.2 Å². The zero-order chi connectivity index (χ0) is 19.3. The molecule has 0 aliphatic heterocycles. The first-order valence-electron chi connectivity index (χ1n) is 8.00. The topological polar surface area (TPSA) is 88.2 Å². The molecule has 0 aliphatic rings. The van der Waals surface area contributed by atoms with Crippen molar-refractivity contribution in [2.75, 3.05) is 4.72 Å². The van der Waals surface area contributed by atoms with Crippen molar-refractivity contribution in [3.8, 4) is 0 Å². The van der Waals surface area contributed by atoms with Gasteiger partial charge in [0.25, 0.3) is 15.9 Å². The molecule has 27 heavy (non-hydrogen) atoms. The minimum atomic E-state index is -3.85. The summed E-state index contributed by atoms with van der Waals surface area (Å²) in [6.45, 7) is 0.283. The number of rotatable bonds is 6. The highest BCUT2D eigenvalue weighted by Gasteiger charge is 2.18. The van der Waals surface area contributed by atoms with Crippen LogP contribution in [-0.4, -0.2) is 19.3 Å². The number of amides is 1. The molecule has 0 fully saturated rings. The van der Waals surface area contributed by atoms with Gasteiger partial charge in [-0.3, -0.25) is 14.5 Å². The van der Waals surface area contributed by atoms with E-state index in [1.165, 1.54) is 30.3 Å². The normalized spacial score (nSPS) is 11.0. The van der Waals surface area contributed by atoms with Crippen LogP contribution in [0.3, 0.4) is 0 Å². The Morgan fingerprint density at radius 2 is 1.74 bits per heavy atom. The van der Waals surface area contributed by atoms with E-state index in [4.69, 9.17) is 11.6 Å². The van der Waals surface area contributed by atoms with Crippen molar-refractivity contribution >= 4 is 33.2 Å². The van der Waals surface area contributed by atoms with Crippen LogP contribution in [-0.2, 0) is 16.6 Å². The van der Waals surface area contributed by atoms with E-state index in [-0.39, 0.29) is 22.7 Å². The van der Waals surface area contributed by atoms with E-state index < -0.39 is 15.9 Å². The largest absolute Gasteiger partial charge is 0.348 e. The third-order valence-electron chi connectivity index (χ3n) is 3.72. The summed E-state index contributed by atoms with van der Waals surface area (Å²) in [6.07, 6.45) is 3.29. The molecule has 138 valence electrons. The van der Waals surface area contributed by atoms with Crippen LogP contribution in [0.25, 0.3) is 0 Å². The van der Waals surface area contributed by atoms with Crippen molar-refractivity contribution in [1.82, 2.24) is 10.3 Å². The number of nitrogens with zero attached hydrogens (tertiary/aromatic N) is 1. The van der Waals surface area contributed by atoms with Gasteiger partial charge in [0.2, 0.25) is 0 Å². The lowest BCUT2D eigenvalue weighted by Crippen LogP contribution is -2.25. The summed E-state index contributed by atoms with van der Waals surface area (Å²) < 4.78 is 27.6. The zero-order valence-corrected chi connectivity index (χ0v) is 15.7. The summed E-state index contributed by atoms with van der Waals surface area (Å²) in [5.41, 5.74) is 1.25. The Balaban J connectivity index is 1.79. The number of anilines is 1. The smallest absolute Gasteiger partial charge is 0.261 e. The minimum Gasteiger partial charge on any atom is -0.348 e. The summed E-state index contributed by atoms with van der Waals surface area (Å²) in [5.74, 6) is -0.395. The predicted molar refractivity (Wildman–Crippen MR) is 104 cm³/mol. The van der Waals surface area contributed by atoms with Gasteiger partial charge in [0.1, 0.15) is 0 Å². The first kappa shape index (κ1) is 18.9. The lowest BCUT2D eigenvalue weighted by molar-refractivity contribution is 0.0952. The summed E-state index contributed by atoms with van der Waals surface area (Å²) in [6, 6.07) is 15.8. The molecule has 0 spiro atoms. The van der Waals surface area contributed by atoms with Crippen LogP contribution >= 0.6 is 11.6 Å². The van der Waals surface area contributed by atoms with Crippen LogP contribution < -0.4 is 10.0 Å². The summed E-state index contributed by atoms with van der Waals surface area (Å²) >= 11 is 5.80. The lowest BCUT2D eigenvalue weighted by atomic mass is 10.1. The van der Waals surface area contributed by atoms with Crippen molar-refractivity contribution < 1.29 is 13.2 Å². The number of hydrogen-bond donors (Lipinski definition) is 2. The molecule has 1 heterocycles. The van der Waals surface area contributed by atoms with Gasteiger partial charge < -0.3 is 5.32 Å². The molecule has 2 N–H and O–H groups in total. The van der Waals surface area contributed by atoms with Crippen LogP contribution in [0.5, 0.6) is 0 Å². The fourth-order valence-corrected chi connectivity index (χ4v) is 3.57. The Morgan fingerprint density at radius 1 is 1.00 bits per heavy atom. The van der Waals surface area contributed by atoms with E-state index in [0.29, 0.717) is 5.02 Å². The summed E-state index contributed by atoms with van der Waals surface area (Å²) in [5, 5.41) is 3.19.